The number of ether oxygens (including phenoxy) is 2. The average molecular weight is 560 g/mol. The molecule has 0 aromatic heterocycles. The number of carbonyl (C=O) groups is 3. The Bertz CT molecular complexity index is 1320. The monoisotopic (exact) mass is 559 g/mol. The summed E-state index contributed by atoms with van der Waals surface area (Å²) in [4.78, 5) is 42.8. The predicted molar refractivity (Wildman–Crippen MR) is 161 cm³/mol. The van der Waals surface area contributed by atoms with Gasteiger partial charge in [-0.25, -0.2) is 4.79 Å². The molecule has 0 aliphatic carbocycles. The van der Waals surface area contributed by atoms with Crippen LogP contribution in [0, 0.1) is 6.92 Å². The molecule has 0 aliphatic rings. The molecule has 8 heteroatoms. The molecule has 3 rings (SSSR count). The molecule has 2 unspecified atom stereocenters. The summed E-state index contributed by atoms with van der Waals surface area (Å²) < 4.78 is 10.7. The van der Waals surface area contributed by atoms with Crippen LogP contribution in [0.2, 0.25) is 0 Å². The summed E-state index contributed by atoms with van der Waals surface area (Å²) >= 11 is 0. The van der Waals surface area contributed by atoms with Crippen molar-refractivity contribution < 1.29 is 23.9 Å². The Morgan fingerprint density at radius 2 is 1.56 bits per heavy atom. The Balaban J connectivity index is 2.03. The number of nitrogens with zero attached hydrogens (tertiary/aromatic N) is 1. The maximum atomic E-state index is 14.4. The highest BCUT2D eigenvalue weighted by molar-refractivity contribution is 5.99. The van der Waals surface area contributed by atoms with Gasteiger partial charge in [-0.2, -0.15) is 0 Å². The lowest BCUT2D eigenvalue weighted by Crippen LogP contribution is -2.55. The molecule has 0 saturated carbocycles. The lowest BCUT2D eigenvalue weighted by molar-refractivity contribution is -0.142. The summed E-state index contributed by atoms with van der Waals surface area (Å²) in [6, 6.07) is 21.6. The third kappa shape index (κ3) is 9.10. The van der Waals surface area contributed by atoms with Crippen LogP contribution in [-0.2, 0) is 20.7 Å². The molecule has 0 aliphatic heterocycles. The molecule has 0 heterocycles. The van der Waals surface area contributed by atoms with Gasteiger partial charge in [0, 0.05) is 18.2 Å². The van der Waals surface area contributed by atoms with Gasteiger partial charge in [0.25, 0.3) is 5.91 Å². The topological polar surface area (TPSA) is 97.0 Å². The molecule has 0 radical (unpaired) electrons. The fourth-order valence-corrected chi connectivity index (χ4v) is 4.52. The Morgan fingerprint density at radius 1 is 0.902 bits per heavy atom. The molecule has 8 nitrogen and oxygen atoms in total. The Morgan fingerprint density at radius 3 is 2.12 bits per heavy atom. The first-order valence-corrected chi connectivity index (χ1v) is 13.7. The van der Waals surface area contributed by atoms with E-state index < -0.39 is 29.7 Å². The smallest absolute Gasteiger partial charge is 0.408 e. The van der Waals surface area contributed by atoms with Gasteiger partial charge in [0.05, 0.1) is 7.11 Å². The normalized spacial score (nSPS) is 12.7. The lowest BCUT2D eigenvalue weighted by Gasteiger charge is -2.37. The molecule has 0 bridgehead atoms. The second-order valence-electron chi connectivity index (χ2n) is 11.3. The first-order valence-electron chi connectivity index (χ1n) is 13.7. The number of rotatable bonds is 10. The molecule has 0 saturated heterocycles. The van der Waals surface area contributed by atoms with Crippen LogP contribution in [0.25, 0.3) is 0 Å². The van der Waals surface area contributed by atoms with Gasteiger partial charge in [-0.15, -0.1) is 0 Å². The summed E-state index contributed by atoms with van der Waals surface area (Å²) in [6.07, 6.45) is -0.478. The molecule has 2 N–H and O–H groups in total. The highest BCUT2D eigenvalue weighted by Gasteiger charge is 2.38. The molecule has 41 heavy (non-hydrogen) atoms. The van der Waals surface area contributed by atoms with Gasteiger partial charge in [0.2, 0.25) is 5.91 Å². The minimum absolute atomic E-state index is 0.225. The van der Waals surface area contributed by atoms with Crippen molar-refractivity contribution in [3.05, 3.63) is 95.6 Å². The van der Waals surface area contributed by atoms with E-state index in [9.17, 15) is 14.4 Å². The van der Waals surface area contributed by atoms with Gasteiger partial charge >= 0.3 is 6.09 Å². The number of alkyl carbamates (subject to hydrolysis) is 1. The minimum Gasteiger partial charge on any atom is -0.497 e. The molecule has 3 amide bonds. The lowest BCUT2D eigenvalue weighted by atomic mass is 9.97. The minimum atomic E-state index is -0.976. The first-order chi connectivity index (χ1) is 19.4. The number of carbonyl (C=O) groups excluding carboxylic acids is 3. The van der Waals surface area contributed by atoms with E-state index in [0.717, 1.165) is 11.1 Å². The van der Waals surface area contributed by atoms with Crippen molar-refractivity contribution in [2.75, 3.05) is 12.4 Å². The maximum Gasteiger partial charge on any atom is 0.408 e. The van der Waals surface area contributed by atoms with Crippen molar-refractivity contribution in [1.29, 1.82) is 0 Å². The van der Waals surface area contributed by atoms with Crippen LogP contribution >= 0.6 is 0 Å². The average Bonchev–Trinajstić information content (AvgIpc) is 2.90. The summed E-state index contributed by atoms with van der Waals surface area (Å²) in [5.41, 5.74) is 2.30. The molecular formula is C33H41N3O5. The first kappa shape index (κ1) is 31.2. The van der Waals surface area contributed by atoms with Crippen LogP contribution in [0.3, 0.4) is 0 Å². The van der Waals surface area contributed by atoms with Crippen LogP contribution in [0.15, 0.2) is 78.9 Å². The molecule has 2 atom stereocenters. The van der Waals surface area contributed by atoms with Crippen LogP contribution in [-0.4, -0.2) is 47.6 Å². The van der Waals surface area contributed by atoms with E-state index in [1.807, 2.05) is 75.4 Å². The number of amides is 3. The molecule has 0 spiro atoms. The van der Waals surface area contributed by atoms with E-state index in [0.29, 0.717) is 17.0 Å². The Hall–Kier alpha value is -4.33. The Kier molecular flexibility index (Phi) is 10.5. The van der Waals surface area contributed by atoms with E-state index in [1.165, 1.54) is 0 Å². The van der Waals surface area contributed by atoms with E-state index in [-0.39, 0.29) is 18.4 Å². The summed E-state index contributed by atoms with van der Waals surface area (Å²) in [5.74, 6) is -0.112. The zero-order valence-electron chi connectivity index (χ0n) is 24.9. The zero-order valence-corrected chi connectivity index (χ0v) is 24.9. The van der Waals surface area contributed by atoms with Crippen LogP contribution < -0.4 is 15.4 Å². The second kappa shape index (κ2) is 13.8. The third-order valence-electron chi connectivity index (χ3n) is 6.32. The van der Waals surface area contributed by atoms with Crippen molar-refractivity contribution in [3.63, 3.8) is 0 Å². The number of hydrogen-bond donors (Lipinski definition) is 2. The van der Waals surface area contributed by atoms with Gasteiger partial charge in [-0.1, -0.05) is 60.2 Å². The fourth-order valence-electron chi connectivity index (χ4n) is 4.52. The van der Waals surface area contributed by atoms with Crippen molar-refractivity contribution in [3.8, 4) is 5.75 Å². The van der Waals surface area contributed by atoms with Crippen molar-refractivity contribution >= 4 is 23.6 Å². The SMILES string of the molecule is COc1ccc(NC(=O)C(c2cccc(C)c2)N(C(=O)C(Cc2ccccc2)NC(=O)OC(C)(C)C)C(C)C)cc1. The standard InChI is InChI=1S/C33H41N3O5/c1-22(2)36(31(38)28(21-24-13-9-8-10-14-24)35-32(39)41-33(4,5)6)29(25-15-11-12-23(3)20-25)30(37)34-26-16-18-27(40-7)19-17-26/h8-20,22,28-29H,21H2,1-7H3,(H,34,37)(H,35,39). The van der Waals surface area contributed by atoms with Gasteiger partial charge < -0.3 is 25.0 Å². The number of hydrogen-bond acceptors (Lipinski definition) is 5. The number of benzene rings is 3. The van der Waals surface area contributed by atoms with E-state index in [2.05, 4.69) is 10.6 Å². The van der Waals surface area contributed by atoms with Crippen molar-refractivity contribution in [2.24, 2.45) is 0 Å². The van der Waals surface area contributed by atoms with Gasteiger partial charge in [0.15, 0.2) is 0 Å². The van der Waals surface area contributed by atoms with E-state index >= 15 is 0 Å². The van der Waals surface area contributed by atoms with Crippen molar-refractivity contribution in [1.82, 2.24) is 10.2 Å². The number of aryl methyl sites for hydroxylation is 1. The van der Waals surface area contributed by atoms with E-state index in [4.69, 9.17) is 9.47 Å². The highest BCUT2D eigenvalue weighted by atomic mass is 16.6. The second-order valence-corrected chi connectivity index (χ2v) is 11.3. The number of methoxy groups -OCH3 is 1. The quantitative estimate of drug-likeness (QED) is 0.315. The third-order valence-corrected chi connectivity index (χ3v) is 6.32. The van der Waals surface area contributed by atoms with Crippen molar-refractivity contribution in [2.45, 2.75) is 71.7 Å². The summed E-state index contributed by atoms with van der Waals surface area (Å²) in [6.45, 7) is 10.9. The highest BCUT2D eigenvalue weighted by Crippen LogP contribution is 2.28. The number of nitrogens with one attached hydrogen (secondary N) is 2. The molecule has 218 valence electrons. The molecule has 3 aromatic carbocycles. The zero-order chi connectivity index (χ0) is 30.2. The maximum absolute atomic E-state index is 14.4. The van der Waals surface area contributed by atoms with Crippen LogP contribution in [0.1, 0.15) is 57.4 Å². The fraction of sp³-hybridized carbons (Fsp3) is 0.364. The van der Waals surface area contributed by atoms with Crippen LogP contribution in [0.4, 0.5) is 10.5 Å². The predicted octanol–water partition coefficient (Wildman–Crippen LogP) is 6.06. The van der Waals surface area contributed by atoms with Gasteiger partial charge in [-0.3, -0.25) is 9.59 Å². The summed E-state index contributed by atoms with van der Waals surface area (Å²) in [5, 5.41) is 5.74. The molecule has 0 fully saturated rings. The van der Waals surface area contributed by atoms with E-state index in [1.54, 1.807) is 57.0 Å². The molecular weight excluding hydrogens is 518 g/mol. The van der Waals surface area contributed by atoms with Crippen LogP contribution in [0.5, 0.6) is 5.75 Å². The summed E-state index contributed by atoms with van der Waals surface area (Å²) in [7, 11) is 1.57. The number of anilines is 1. The Labute approximate surface area is 243 Å². The largest absolute Gasteiger partial charge is 0.497 e. The van der Waals surface area contributed by atoms with Gasteiger partial charge in [-0.05, 0) is 76.9 Å². The van der Waals surface area contributed by atoms with Gasteiger partial charge in [0.1, 0.15) is 23.4 Å². The molecule has 3 aromatic rings.